The van der Waals surface area contributed by atoms with Gasteiger partial charge in [0.1, 0.15) is 11.6 Å². The van der Waals surface area contributed by atoms with Crippen molar-refractivity contribution in [1.82, 2.24) is 19.6 Å². The first kappa shape index (κ1) is 15.2. The lowest BCUT2D eigenvalue weighted by Gasteiger charge is -2.03. The van der Waals surface area contributed by atoms with Gasteiger partial charge in [-0.15, -0.1) is 0 Å². The summed E-state index contributed by atoms with van der Waals surface area (Å²) in [4.78, 5) is 20.7. The summed E-state index contributed by atoms with van der Waals surface area (Å²) in [5, 5.41) is 2.98. The topological polar surface area (TPSA) is 63.0 Å². The van der Waals surface area contributed by atoms with E-state index in [1.54, 1.807) is 18.5 Å². The van der Waals surface area contributed by atoms with Crippen molar-refractivity contribution in [3.63, 3.8) is 0 Å². The highest BCUT2D eigenvalue weighted by Gasteiger charge is 2.10. The van der Waals surface area contributed by atoms with Gasteiger partial charge in [-0.2, -0.15) is 0 Å². The Hall–Kier alpha value is -3.35. The number of halogens is 2. The molecular weight excluding hydrogens is 326 g/mol. The van der Waals surface area contributed by atoms with Crippen molar-refractivity contribution >= 4 is 5.65 Å². The third kappa shape index (κ3) is 2.91. The van der Waals surface area contributed by atoms with Gasteiger partial charge in [-0.25, -0.2) is 18.3 Å². The van der Waals surface area contributed by atoms with Gasteiger partial charge in [-0.05, 0) is 23.8 Å². The quantitative estimate of drug-likeness (QED) is 0.625. The Morgan fingerprint density at radius 1 is 1.04 bits per heavy atom. The average Bonchev–Trinajstić information content (AvgIpc) is 3.03. The molecule has 0 aliphatic carbocycles. The summed E-state index contributed by atoms with van der Waals surface area (Å²) in [7, 11) is 0. The van der Waals surface area contributed by atoms with Crippen molar-refractivity contribution in [2.45, 2.75) is 6.42 Å². The van der Waals surface area contributed by atoms with Crippen LogP contribution in [0.5, 0.6) is 0 Å². The smallest absolute Gasteiger partial charge is 0.272 e. The first-order chi connectivity index (χ1) is 12.1. The molecule has 1 aromatic carbocycles. The molecule has 7 heteroatoms. The van der Waals surface area contributed by atoms with E-state index in [1.165, 1.54) is 22.7 Å². The Labute approximate surface area is 140 Å². The van der Waals surface area contributed by atoms with Crippen LogP contribution in [-0.4, -0.2) is 19.6 Å². The molecule has 3 heterocycles. The van der Waals surface area contributed by atoms with E-state index >= 15 is 0 Å². The largest absolute Gasteiger partial charge is 0.289 e. The van der Waals surface area contributed by atoms with Crippen LogP contribution < -0.4 is 5.56 Å². The molecule has 5 nitrogen and oxygen atoms in total. The molecule has 0 amide bonds. The standard InChI is InChI=1S/C18H12F2N4O/c19-13-2-1-12(15(20)8-13)7-14-9-18(25)24-17(22-14)10-16(23-24)11-3-5-21-6-4-11/h1-6,8-10,23H,7H2. The van der Waals surface area contributed by atoms with Gasteiger partial charge in [-0.1, -0.05) is 6.07 Å². The number of H-pyrrole nitrogens is 1. The SMILES string of the molecule is O=c1cc(Cc2ccc(F)cc2F)nc2cc(-c3ccncc3)[nH]n12. The van der Waals surface area contributed by atoms with Crippen LogP contribution in [0.15, 0.2) is 59.7 Å². The van der Waals surface area contributed by atoms with E-state index in [0.29, 0.717) is 11.3 Å². The summed E-state index contributed by atoms with van der Waals surface area (Å²) in [6.45, 7) is 0. The van der Waals surface area contributed by atoms with Crippen molar-refractivity contribution in [2.75, 3.05) is 0 Å². The third-order valence-corrected chi connectivity index (χ3v) is 3.88. The number of pyridine rings is 1. The maximum atomic E-state index is 13.8. The number of nitrogens with one attached hydrogen (secondary N) is 1. The molecule has 0 atom stereocenters. The highest BCUT2D eigenvalue weighted by atomic mass is 19.1. The molecule has 0 aliphatic heterocycles. The van der Waals surface area contributed by atoms with Crippen LogP contribution in [0.2, 0.25) is 0 Å². The normalized spacial score (nSPS) is 11.1. The van der Waals surface area contributed by atoms with E-state index in [-0.39, 0.29) is 17.5 Å². The summed E-state index contributed by atoms with van der Waals surface area (Å²) in [5.74, 6) is -1.30. The van der Waals surface area contributed by atoms with E-state index in [2.05, 4.69) is 15.1 Å². The highest BCUT2D eigenvalue weighted by Crippen LogP contribution is 2.18. The zero-order chi connectivity index (χ0) is 17.4. The number of fused-ring (bicyclic) bond motifs is 1. The summed E-state index contributed by atoms with van der Waals surface area (Å²) >= 11 is 0. The summed E-state index contributed by atoms with van der Waals surface area (Å²) in [6, 6.07) is 10.0. The zero-order valence-electron chi connectivity index (χ0n) is 12.9. The minimum absolute atomic E-state index is 0.105. The Balaban J connectivity index is 1.75. The Kier molecular flexibility index (Phi) is 3.61. The third-order valence-electron chi connectivity index (χ3n) is 3.88. The molecule has 0 aliphatic rings. The molecule has 0 fully saturated rings. The van der Waals surface area contributed by atoms with Gasteiger partial charge in [0, 0.05) is 42.6 Å². The second kappa shape index (κ2) is 5.94. The van der Waals surface area contributed by atoms with Gasteiger partial charge in [0.15, 0.2) is 5.65 Å². The van der Waals surface area contributed by atoms with Crippen molar-refractivity contribution in [1.29, 1.82) is 0 Å². The minimum Gasteiger partial charge on any atom is -0.289 e. The number of aromatic amines is 1. The fraction of sp³-hybridized carbons (Fsp3) is 0.0556. The molecule has 4 aromatic rings. The number of rotatable bonds is 3. The number of nitrogens with zero attached hydrogens (tertiary/aromatic N) is 3. The molecule has 0 unspecified atom stereocenters. The summed E-state index contributed by atoms with van der Waals surface area (Å²) < 4.78 is 28.1. The first-order valence-electron chi connectivity index (χ1n) is 7.56. The number of hydrogen-bond acceptors (Lipinski definition) is 3. The Morgan fingerprint density at radius 3 is 2.60 bits per heavy atom. The predicted molar refractivity (Wildman–Crippen MR) is 88.2 cm³/mol. The zero-order valence-corrected chi connectivity index (χ0v) is 12.9. The molecule has 3 aromatic heterocycles. The maximum Gasteiger partial charge on any atom is 0.272 e. The summed E-state index contributed by atoms with van der Waals surface area (Å²) in [6.07, 6.45) is 3.41. The lowest BCUT2D eigenvalue weighted by molar-refractivity contribution is 0.574. The Bertz CT molecular complexity index is 1120. The number of aromatic nitrogens is 4. The average molecular weight is 338 g/mol. The van der Waals surface area contributed by atoms with Gasteiger partial charge in [0.25, 0.3) is 5.56 Å². The van der Waals surface area contributed by atoms with Crippen LogP contribution in [0.25, 0.3) is 16.9 Å². The van der Waals surface area contributed by atoms with Gasteiger partial charge >= 0.3 is 0 Å². The van der Waals surface area contributed by atoms with E-state index < -0.39 is 11.6 Å². The van der Waals surface area contributed by atoms with E-state index in [4.69, 9.17) is 0 Å². The van der Waals surface area contributed by atoms with E-state index in [0.717, 1.165) is 17.3 Å². The molecule has 0 spiro atoms. The van der Waals surface area contributed by atoms with Gasteiger partial charge in [0.05, 0.1) is 11.4 Å². The van der Waals surface area contributed by atoms with Crippen molar-refractivity contribution in [2.24, 2.45) is 0 Å². The van der Waals surface area contributed by atoms with E-state index in [9.17, 15) is 13.6 Å². The fourth-order valence-electron chi connectivity index (χ4n) is 2.67. The molecular formula is C18H12F2N4O. The van der Waals surface area contributed by atoms with Crippen LogP contribution in [0.1, 0.15) is 11.3 Å². The fourth-order valence-corrected chi connectivity index (χ4v) is 2.67. The second-order valence-corrected chi connectivity index (χ2v) is 5.60. The van der Waals surface area contributed by atoms with Crippen molar-refractivity contribution in [3.8, 4) is 11.3 Å². The lowest BCUT2D eigenvalue weighted by Crippen LogP contribution is -2.15. The molecule has 25 heavy (non-hydrogen) atoms. The van der Waals surface area contributed by atoms with Crippen LogP contribution in [0.3, 0.4) is 0 Å². The second-order valence-electron chi connectivity index (χ2n) is 5.60. The lowest BCUT2D eigenvalue weighted by atomic mass is 10.1. The van der Waals surface area contributed by atoms with Crippen molar-refractivity contribution < 1.29 is 8.78 Å². The van der Waals surface area contributed by atoms with Gasteiger partial charge in [0.2, 0.25) is 0 Å². The van der Waals surface area contributed by atoms with Gasteiger partial charge < -0.3 is 0 Å². The number of hydrogen-bond donors (Lipinski definition) is 1. The van der Waals surface area contributed by atoms with Crippen LogP contribution in [0.4, 0.5) is 8.78 Å². The van der Waals surface area contributed by atoms with Crippen LogP contribution in [0, 0.1) is 11.6 Å². The van der Waals surface area contributed by atoms with E-state index in [1.807, 2.05) is 12.1 Å². The van der Waals surface area contributed by atoms with Gasteiger partial charge in [-0.3, -0.25) is 14.9 Å². The molecule has 4 rings (SSSR count). The Morgan fingerprint density at radius 2 is 1.84 bits per heavy atom. The summed E-state index contributed by atoms with van der Waals surface area (Å²) in [5.41, 5.74) is 2.40. The molecule has 0 saturated carbocycles. The molecule has 0 saturated heterocycles. The number of benzene rings is 1. The molecule has 124 valence electrons. The highest BCUT2D eigenvalue weighted by molar-refractivity contribution is 5.63. The molecule has 0 radical (unpaired) electrons. The van der Waals surface area contributed by atoms with Crippen molar-refractivity contribution in [3.05, 3.63) is 88.1 Å². The molecule has 1 N–H and O–H groups in total. The van der Waals surface area contributed by atoms with Crippen LogP contribution in [-0.2, 0) is 6.42 Å². The monoisotopic (exact) mass is 338 g/mol. The first-order valence-corrected chi connectivity index (χ1v) is 7.56. The molecule has 0 bridgehead atoms. The van der Waals surface area contributed by atoms with Crippen LogP contribution >= 0.6 is 0 Å². The predicted octanol–water partition coefficient (Wildman–Crippen LogP) is 2.95. The minimum atomic E-state index is -0.659. The maximum absolute atomic E-state index is 13.8.